The second kappa shape index (κ2) is 6.16. The molecule has 20 heavy (non-hydrogen) atoms. The molecule has 0 aromatic carbocycles. The minimum atomic E-state index is -4.02. The molecular formula is C14H21F3N2O. The van der Waals surface area contributed by atoms with Crippen molar-refractivity contribution in [2.45, 2.75) is 51.7 Å². The van der Waals surface area contributed by atoms with E-state index in [1.807, 2.05) is 19.9 Å². The Bertz CT molecular complexity index is 422. The van der Waals surface area contributed by atoms with E-state index in [4.69, 9.17) is 4.52 Å². The van der Waals surface area contributed by atoms with E-state index >= 15 is 0 Å². The van der Waals surface area contributed by atoms with Gasteiger partial charge in [0, 0.05) is 6.07 Å². The lowest BCUT2D eigenvalue weighted by atomic mass is 9.81. The summed E-state index contributed by atoms with van der Waals surface area (Å²) >= 11 is 0. The van der Waals surface area contributed by atoms with Gasteiger partial charge in [0.15, 0.2) is 0 Å². The van der Waals surface area contributed by atoms with Crippen LogP contribution in [0.2, 0.25) is 0 Å². The van der Waals surface area contributed by atoms with Crippen molar-refractivity contribution < 1.29 is 17.7 Å². The van der Waals surface area contributed by atoms with Crippen LogP contribution in [-0.4, -0.2) is 17.9 Å². The number of hydrogen-bond donors (Lipinski definition) is 1. The van der Waals surface area contributed by atoms with Gasteiger partial charge in [-0.2, -0.15) is 13.2 Å². The lowest BCUT2D eigenvalue weighted by molar-refractivity contribution is -0.183. The average Bonchev–Trinajstić information content (AvgIpc) is 2.82. The van der Waals surface area contributed by atoms with Crippen LogP contribution >= 0.6 is 0 Å². The molecular weight excluding hydrogens is 269 g/mol. The van der Waals surface area contributed by atoms with Crippen molar-refractivity contribution in [1.82, 2.24) is 10.5 Å². The minimum Gasteiger partial charge on any atom is -0.361 e. The summed E-state index contributed by atoms with van der Waals surface area (Å²) in [4.78, 5) is 0. The molecule has 1 fully saturated rings. The quantitative estimate of drug-likeness (QED) is 0.910. The molecule has 0 bridgehead atoms. The predicted molar refractivity (Wildman–Crippen MR) is 69.2 cm³/mol. The molecule has 6 heteroatoms. The minimum absolute atomic E-state index is 0.0628. The van der Waals surface area contributed by atoms with Crippen LogP contribution in [0.4, 0.5) is 13.2 Å². The Balaban J connectivity index is 1.73. The van der Waals surface area contributed by atoms with Crippen LogP contribution in [0.1, 0.15) is 50.1 Å². The van der Waals surface area contributed by atoms with E-state index < -0.39 is 12.1 Å². The highest BCUT2D eigenvalue weighted by Crippen LogP contribution is 2.39. The molecule has 1 heterocycles. The Kier molecular flexibility index (Phi) is 4.73. The lowest BCUT2D eigenvalue weighted by Crippen LogP contribution is -2.32. The summed E-state index contributed by atoms with van der Waals surface area (Å²) in [5.74, 6) is -0.0160. The first-order valence-corrected chi connectivity index (χ1v) is 7.09. The van der Waals surface area contributed by atoms with Crippen molar-refractivity contribution in [3.8, 4) is 0 Å². The number of aryl methyl sites for hydroxylation is 1. The van der Waals surface area contributed by atoms with Crippen molar-refractivity contribution in [1.29, 1.82) is 0 Å². The molecule has 3 nitrogen and oxygen atoms in total. The van der Waals surface area contributed by atoms with E-state index in [1.54, 1.807) is 0 Å². The maximum absolute atomic E-state index is 12.6. The third kappa shape index (κ3) is 3.98. The second-order valence-corrected chi connectivity index (χ2v) is 5.75. The van der Waals surface area contributed by atoms with Crippen LogP contribution in [0, 0.1) is 18.8 Å². The van der Waals surface area contributed by atoms with Crippen molar-refractivity contribution in [2.75, 3.05) is 6.54 Å². The van der Waals surface area contributed by atoms with E-state index in [1.165, 1.54) is 0 Å². The van der Waals surface area contributed by atoms with Gasteiger partial charge in [-0.25, -0.2) is 0 Å². The van der Waals surface area contributed by atoms with Gasteiger partial charge in [0.25, 0.3) is 0 Å². The number of alkyl halides is 3. The molecule has 0 saturated heterocycles. The van der Waals surface area contributed by atoms with E-state index in [0.29, 0.717) is 18.8 Å². The van der Waals surface area contributed by atoms with E-state index in [9.17, 15) is 13.2 Å². The summed E-state index contributed by atoms with van der Waals surface area (Å²) in [7, 11) is 0. The van der Waals surface area contributed by atoms with Crippen molar-refractivity contribution in [3.05, 3.63) is 17.5 Å². The van der Waals surface area contributed by atoms with Crippen LogP contribution in [0.25, 0.3) is 0 Å². The Morgan fingerprint density at radius 1 is 1.35 bits per heavy atom. The number of nitrogens with one attached hydrogen (secondary N) is 1. The molecule has 1 aromatic heterocycles. The zero-order valence-corrected chi connectivity index (χ0v) is 11.8. The van der Waals surface area contributed by atoms with Crippen LogP contribution in [-0.2, 0) is 0 Å². The maximum Gasteiger partial charge on any atom is 0.391 e. The summed E-state index contributed by atoms with van der Waals surface area (Å²) < 4.78 is 42.7. The van der Waals surface area contributed by atoms with Crippen molar-refractivity contribution >= 4 is 0 Å². The zero-order valence-electron chi connectivity index (χ0n) is 11.8. The van der Waals surface area contributed by atoms with Crippen LogP contribution in [0.3, 0.4) is 0 Å². The van der Waals surface area contributed by atoms with E-state index in [2.05, 4.69) is 10.5 Å². The molecule has 0 radical (unpaired) electrons. The van der Waals surface area contributed by atoms with Gasteiger partial charge in [-0.1, -0.05) is 5.16 Å². The third-order valence-electron chi connectivity index (χ3n) is 4.11. The van der Waals surface area contributed by atoms with Crippen molar-refractivity contribution in [3.63, 3.8) is 0 Å². The predicted octanol–water partition coefficient (Wildman–Crippen LogP) is 4.00. The lowest BCUT2D eigenvalue weighted by Gasteiger charge is -2.30. The molecule has 0 spiro atoms. The average molecular weight is 290 g/mol. The Morgan fingerprint density at radius 3 is 2.50 bits per heavy atom. The fraction of sp³-hybridized carbons (Fsp3) is 0.786. The fourth-order valence-corrected chi connectivity index (χ4v) is 2.73. The second-order valence-electron chi connectivity index (χ2n) is 5.75. The maximum atomic E-state index is 12.6. The van der Waals surface area contributed by atoms with Gasteiger partial charge in [-0.3, -0.25) is 0 Å². The molecule has 1 aromatic rings. The number of aromatic nitrogens is 1. The Labute approximate surface area is 116 Å². The first-order chi connectivity index (χ1) is 9.36. The Morgan fingerprint density at radius 2 is 2.00 bits per heavy atom. The highest BCUT2D eigenvalue weighted by Gasteiger charge is 2.41. The third-order valence-corrected chi connectivity index (χ3v) is 4.11. The molecule has 1 aliphatic rings. The summed E-state index contributed by atoms with van der Waals surface area (Å²) in [5.41, 5.74) is 0.839. The number of hydrogen-bond acceptors (Lipinski definition) is 3. The fourth-order valence-electron chi connectivity index (χ4n) is 2.73. The highest BCUT2D eigenvalue weighted by atomic mass is 19.4. The SMILES string of the molecule is Cc1cc(C(C)NCC2CCC(C(F)(F)F)CC2)no1. The molecule has 2 rings (SSSR count). The molecule has 1 saturated carbocycles. The number of nitrogens with zero attached hydrogens (tertiary/aromatic N) is 1. The largest absolute Gasteiger partial charge is 0.391 e. The van der Waals surface area contributed by atoms with Crippen LogP contribution in [0.15, 0.2) is 10.6 Å². The standard InChI is InChI=1S/C14H21F3N2O/c1-9-7-13(19-20-9)10(2)18-8-11-3-5-12(6-4-11)14(15,16)17/h7,10-12,18H,3-6,8H2,1-2H3. The van der Waals surface area contributed by atoms with E-state index in [-0.39, 0.29) is 18.9 Å². The van der Waals surface area contributed by atoms with Gasteiger partial charge in [0.1, 0.15) is 11.5 Å². The molecule has 0 amide bonds. The Hall–Kier alpha value is -1.04. The molecule has 1 aliphatic carbocycles. The highest BCUT2D eigenvalue weighted by molar-refractivity contribution is 5.07. The number of halogens is 3. The first-order valence-electron chi connectivity index (χ1n) is 7.09. The van der Waals surface area contributed by atoms with Crippen LogP contribution < -0.4 is 5.32 Å². The first kappa shape index (κ1) is 15.4. The number of rotatable bonds is 4. The summed E-state index contributed by atoms with van der Waals surface area (Å²) in [6.45, 7) is 4.55. The van der Waals surface area contributed by atoms with Gasteiger partial charge in [-0.05, 0) is 52.0 Å². The topological polar surface area (TPSA) is 38.1 Å². The molecule has 0 aliphatic heterocycles. The van der Waals surface area contributed by atoms with E-state index in [0.717, 1.165) is 18.0 Å². The summed E-state index contributed by atoms with van der Waals surface area (Å²) in [6, 6.07) is 1.94. The van der Waals surface area contributed by atoms with Gasteiger partial charge in [0.05, 0.1) is 12.0 Å². The van der Waals surface area contributed by atoms with Gasteiger partial charge in [0.2, 0.25) is 0 Å². The smallest absolute Gasteiger partial charge is 0.361 e. The summed E-state index contributed by atoms with van der Waals surface area (Å²) in [5, 5.41) is 7.27. The normalized spacial score (nSPS) is 25.6. The van der Waals surface area contributed by atoms with Gasteiger partial charge in [-0.15, -0.1) is 0 Å². The summed E-state index contributed by atoms with van der Waals surface area (Å²) in [6.07, 6.45) is -2.23. The van der Waals surface area contributed by atoms with Gasteiger partial charge < -0.3 is 9.84 Å². The molecule has 1 N–H and O–H groups in total. The molecule has 114 valence electrons. The molecule has 1 unspecified atom stereocenters. The van der Waals surface area contributed by atoms with Crippen LogP contribution in [0.5, 0.6) is 0 Å². The van der Waals surface area contributed by atoms with Crippen molar-refractivity contribution in [2.24, 2.45) is 11.8 Å². The van der Waals surface area contributed by atoms with Gasteiger partial charge >= 0.3 is 6.18 Å². The zero-order chi connectivity index (χ0) is 14.8. The monoisotopic (exact) mass is 290 g/mol. The molecule has 1 atom stereocenters.